The Kier molecular flexibility index (Phi) is 5.82. The van der Waals surface area contributed by atoms with Crippen LogP contribution in [0.1, 0.15) is 59.2 Å². The molecule has 0 heterocycles. The van der Waals surface area contributed by atoms with E-state index < -0.39 is 0 Å². The van der Waals surface area contributed by atoms with Crippen molar-refractivity contribution in [1.29, 1.82) is 0 Å². The summed E-state index contributed by atoms with van der Waals surface area (Å²) in [5.41, 5.74) is 16.2. The summed E-state index contributed by atoms with van der Waals surface area (Å²) < 4.78 is 0. The third-order valence-corrected chi connectivity index (χ3v) is 4.93. The quantitative estimate of drug-likeness (QED) is 0.575. The highest BCUT2D eigenvalue weighted by atomic mass is 14.9. The van der Waals surface area contributed by atoms with Gasteiger partial charge in [0, 0.05) is 5.56 Å². The van der Waals surface area contributed by atoms with Gasteiger partial charge < -0.3 is 5.73 Å². The van der Waals surface area contributed by atoms with Crippen LogP contribution >= 0.6 is 0 Å². The number of benzene rings is 2. The fourth-order valence-corrected chi connectivity index (χ4v) is 3.12. The maximum Gasteiger partial charge on any atom is 0.131 e. The highest BCUT2D eigenvalue weighted by Crippen LogP contribution is 2.27. The average Bonchev–Trinajstić information content (AvgIpc) is 2.55. The zero-order chi connectivity index (χ0) is 17.9. The fraction of sp³-hybridized carbons (Fsp3) is 0.409. The zero-order valence-electron chi connectivity index (χ0n) is 16.0. The first kappa shape index (κ1) is 18.3. The van der Waals surface area contributed by atoms with E-state index in [9.17, 15) is 0 Å². The topological polar surface area (TPSA) is 38.4 Å². The molecular weight excluding hydrogens is 292 g/mol. The van der Waals surface area contributed by atoms with Crippen molar-refractivity contribution < 1.29 is 0 Å². The third-order valence-electron chi connectivity index (χ3n) is 4.93. The van der Waals surface area contributed by atoms with Gasteiger partial charge in [0.1, 0.15) is 5.84 Å². The number of amidine groups is 1. The highest BCUT2D eigenvalue weighted by Gasteiger charge is 2.09. The monoisotopic (exact) mass is 322 g/mol. The molecule has 2 N–H and O–H groups in total. The summed E-state index contributed by atoms with van der Waals surface area (Å²) in [6.45, 7) is 12.9. The molecular formula is C22H30N2. The molecule has 0 unspecified atom stereocenters. The van der Waals surface area contributed by atoms with Crippen LogP contribution in [0.4, 0.5) is 5.69 Å². The van der Waals surface area contributed by atoms with Gasteiger partial charge in [-0.3, -0.25) is 0 Å². The Morgan fingerprint density at radius 3 is 2.08 bits per heavy atom. The van der Waals surface area contributed by atoms with Crippen LogP contribution in [0.25, 0.3) is 0 Å². The van der Waals surface area contributed by atoms with Crippen LogP contribution in [0.2, 0.25) is 0 Å². The van der Waals surface area contributed by atoms with Crippen molar-refractivity contribution in [3.63, 3.8) is 0 Å². The maximum absolute atomic E-state index is 6.35. The zero-order valence-corrected chi connectivity index (χ0v) is 16.0. The molecule has 0 aromatic heterocycles. The van der Waals surface area contributed by atoms with Gasteiger partial charge in [-0.05, 0) is 92.1 Å². The van der Waals surface area contributed by atoms with Crippen LogP contribution in [-0.2, 0) is 12.8 Å². The second-order valence-corrected chi connectivity index (χ2v) is 6.73. The molecule has 128 valence electrons. The van der Waals surface area contributed by atoms with E-state index in [4.69, 9.17) is 10.7 Å². The van der Waals surface area contributed by atoms with Gasteiger partial charge in [-0.15, -0.1) is 0 Å². The van der Waals surface area contributed by atoms with Crippen molar-refractivity contribution >= 4 is 11.5 Å². The molecule has 0 aliphatic heterocycles. The normalized spacial score (nSPS) is 11.8. The molecule has 2 nitrogen and oxygen atoms in total. The van der Waals surface area contributed by atoms with Crippen molar-refractivity contribution in [3.8, 4) is 0 Å². The smallest absolute Gasteiger partial charge is 0.131 e. The molecule has 0 aliphatic carbocycles. The van der Waals surface area contributed by atoms with E-state index in [-0.39, 0.29) is 0 Å². The van der Waals surface area contributed by atoms with E-state index in [2.05, 4.69) is 65.8 Å². The Labute approximate surface area is 146 Å². The second kappa shape index (κ2) is 7.65. The van der Waals surface area contributed by atoms with Crippen molar-refractivity contribution in [3.05, 3.63) is 63.2 Å². The predicted octanol–water partition coefficient (Wildman–Crippen LogP) is 5.47. The minimum atomic E-state index is 0.597. The standard InChI is InChI=1S/C22H30N2/c1-7-9-18-12-19(8-2)17(6)21(13-18)24-22(23)20-10-14(3)16(5)15(4)11-20/h10-13H,7-9H2,1-6H3,(H2,23,24). The minimum Gasteiger partial charge on any atom is -0.383 e. The Morgan fingerprint density at radius 1 is 0.917 bits per heavy atom. The van der Waals surface area contributed by atoms with Crippen molar-refractivity contribution in [2.24, 2.45) is 10.7 Å². The third kappa shape index (κ3) is 3.87. The van der Waals surface area contributed by atoms with Gasteiger partial charge in [0.15, 0.2) is 0 Å². The molecule has 2 aromatic rings. The SMILES string of the molecule is CCCc1cc(CC)c(C)c(N=C(N)c2cc(C)c(C)c(C)c2)c1. The Hall–Kier alpha value is -2.09. The summed E-state index contributed by atoms with van der Waals surface area (Å²) >= 11 is 0. The molecule has 0 aliphatic rings. The second-order valence-electron chi connectivity index (χ2n) is 6.73. The molecule has 0 amide bonds. The lowest BCUT2D eigenvalue weighted by atomic mass is 9.98. The maximum atomic E-state index is 6.35. The van der Waals surface area contributed by atoms with E-state index in [0.29, 0.717) is 5.84 Å². The van der Waals surface area contributed by atoms with Gasteiger partial charge >= 0.3 is 0 Å². The molecule has 0 spiro atoms. The lowest BCUT2D eigenvalue weighted by Gasteiger charge is -2.12. The predicted molar refractivity (Wildman–Crippen MR) is 106 cm³/mol. The first-order chi connectivity index (χ1) is 11.4. The number of hydrogen-bond acceptors (Lipinski definition) is 1. The van der Waals surface area contributed by atoms with E-state index >= 15 is 0 Å². The molecule has 24 heavy (non-hydrogen) atoms. The van der Waals surface area contributed by atoms with Crippen molar-refractivity contribution in [1.82, 2.24) is 0 Å². The summed E-state index contributed by atoms with van der Waals surface area (Å²) in [6, 6.07) is 8.77. The summed E-state index contributed by atoms with van der Waals surface area (Å²) in [7, 11) is 0. The summed E-state index contributed by atoms with van der Waals surface area (Å²) in [5.74, 6) is 0.597. The van der Waals surface area contributed by atoms with E-state index in [1.54, 1.807) is 0 Å². The molecule has 0 fully saturated rings. The average molecular weight is 322 g/mol. The Morgan fingerprint density at radius 2 is 1.54 bits per heavy atom. The number of aliphatic imine (C=N–C) groups is 1. The van der Waals surface area contributed by atoms with Gasteiger partial charge in [0.25, 0.3) is 0 Å². The van der Waals surface area contributed by atoms with Gasteiger partial charge in [0.05, 0.1) is 5.69 Å². The van der Waals surface area contributed by atoms with Crippen molar-refractivity contribution in [2.45, 2.75) is 60.8 Å². The Bertz CT molecular complexity index is 747. The lowest BCUT2D eigenvalue weighted by molar-refractivity contribution is 0.915. The van der Waals surface area contributed by atoms with Crippen LogP contribution in [0.3, 0.4) is 0 Å². The largest absolute Gasteiger partial charge is 0.383 e. The van der Waals surface area contributed by atoms with Crippen LogP contribution in [-0.4, -0.2) is 5.84 Å². The van der Waals surface area contributed by atoms with Crippen molar-refractivity contribution in [2.75, 3.05) is 0 Å². The summed E-state index contributed by atoms with van der Waals surface area (Å²) in [6.07, 6.45) is 3.24. The fourth-order valence-electron chi connectivity index (χ4n) is 3.12. The number of nitrogens with two attached hydrogens (primary N) is 1. The number of aryl methyl sites for hydroxylation is 4. The summed E-state index contributed by atoms with van der Waals surface area (Å²) in [4.78, 5) is 4.79. The minimum absolute atomic E-state index is 0.597. The molecule has 2 rings (SSSR count). The molecule has 2 heteroatoms. The molecule has 0 radical (unpaired) electrons. The first-order valence-electron chi connectivity index (χ1n) is 8.92. The van der Waals surface area contributed by atoms with Crippen LogP contribution < -0.4 is 5.73 Å². The van der Waals surface area contributed by atoms with Crippen LogP contribution in [0, 0.1) is 27.7 Å². The van der Waals surface area contributed by atoms with E-state index in [1.165, 1.54) is 33.4 Å². The van der Waals surface area contributed by atoms with E-state index in [1.807, 2.05) is 0 Å². The Balaban J connectivity index is 2.51. The molecule has 0 saturated heterocycles. The number of hydrogen-bond donors (Lipinski definition) is 1. The number of nitrogens with zero attached hydrogens (tertiary/aromatic N) is 1. The molecule has 2 aromatic carbocycles. The number of rotatable bonds is 5. The van der Waals surface area contributed by atoms with Crippen LogP contribution in [0.5, 0.6) is 0 Å². The molecule has 0 bridgehead atoms. The highest BCUT2D eigenvalue weighted by molar-refractivity contribution is 5.99. The van der Waals surface area contributed by atoms with E-state index in [0.717, 1.165) is 30.5 Å². The van der Waals surface area contributed by atoms with Gasteiger partial charge in [-0.25, -0.2) is 4.99 Å². The molecule has 0 saturated carbocycles. The molecule has 0 atom stereocenters. The summed E-state index contributed by atoms with van der Waals surface area (Å²) in [5, 5.41) is 0. The lowest BCUT2D eigenvalue weighted by Crippen LogP contribution is -2.14. The van der Waals surface area contributed by atoms with Gasteiger partial charge in [-0.2, -0.15) is 0 Å². The van der Waals surface area contributed by atoms with Gasteiger partial charge in [0.2, 0.25) is 0 Å². The first-order valence-corrected chi connectivity index (χ1v) is 8.92. The van der Waals surface area contributed by atoms with Crippen LogP contribution in [0.15, 0.2) is 29.3 Å². The van der Waals surface area contributed by atoms with Gasteiger partial charge in [-0.1, -0.05) is 26.3 Å².